The smallest absolute Gasteiger partial charge is 0.230 e. The Morgan fingerprint density at radius 2 is 2.00 bits per heavy atom. The molecule has 1 aromatic carbocycles. The molecule has 0 saturated heterocycles. The third-order valence-corrected chi connectivity index (χ3v) is 5.18. The monoisotopic (exact) mass is 358 g/mol. The summed E-state index contributed by atoms with van der Waals surface area (Å²) < 4.78 is 0. The van der Waals surface area contributed by atoms with Crippen molar-refractivity contribution in [1.82, 2.24) is 20.5 Å². The first-order chi connectivity index (χ1) is 11.9. The Balaban J connectivity index is 1.37. The molecule has 0 spiro atoms. The fraction of sp³-hybridized carbons (Fsp3) is 0.526. The van der Waals surface area contributed by atoms with Crippen LogP contribution in [0.3, 0.4) is 0 Å². The molecule has 1 heterocycles. The standard InChI is InChI=1S/C19H26N4OS/c1-19(2,3)15-8-4-13(5-9-15)10-11-20-16(24)12-25-18-21-17(22-23-18)14-6-7-14/h4-5,8-9,14H,6-7,10-12H2,1-3H3,(H,20,24)(H,21,22,23). The molecule has 2 aromatic rings. The van der Waals surface area contributed by atoms with E-state index in [0.29, 0.717) is 23.4 Å². The molecular weight excluding hydrogens is 332 g/mol. The van der Waals surface area contributed by atoms with Crippen molar-refractivity contribution in [3.8, 4) is 0 Å². The molecule has 1 saturated carbocycles. The second-order valence-corrected chi connectivity index (χ2v) is 8.56. The Hall–Kier alpha value is -1.82. The van der Waals surface area contributed by atoms with Crippen molar-refractivity contribution in [1.29, 1.82) is 0 Å². The van der Waals surface area contributed by atoms with Gasteiger partial charge in [-0.1, -0.05) is 56.8 Å². The lowest BCUT2D eigenvalue weighted by atomic mass is 9.86. The van der Waals surface area contributed by atoms with Gasteiger partial charge in [-0.05, 0) is 35.8 Å². The van der Waals surface area contributed by atoms with Crippen LogP contribution in [0.2, 0.25) is 0 Å². The molecule has 0 atom stereocenters. The van der Waals surface area contributed by atoms with Crippen molar-refractivity contribution >= 4 is 17.7 Å². The molecule has 1 aliphatic rings. The van der Waals surface area contributed by atoms with E-state index in [1.165, 1.54) is 35.7 Å². The van der Waals surface area contributed by atoms with Gasteiger partial charge in [0.15, 0.2) is 0 Å². The Morgan fingerprint density at radius 3 is 2.64 bits per heavy atom. The van der Waals surface area contributed by atoms with Gasteiger partial charge in [0.2, 0.25) is 11.1 Å². The summed E-state index contributed by atoms with van der Waals surface area (Å²) in [7, 11) is 0. The van der Waals surface area contributed by atoms with E-state index in [9.17, 15) is 4.79 Å². The summed E-state index contributed by atoms with van der Waals surface area (Å²) in [6, 6.07) is 8.64. The molecule has 25 heavy (non-hydrogen) atoms. The highest BCUT2D eigenvalue weighted by molar-refractivity contribution is 7.99. The molecule has 0 aliphatic heterocycles. The van der Waals surface area contributed by atoms with Gasteiger partial charge in [-0.3, -0.25) is 9.89 Å². The summed E-state index contributed by atoms with van der Waals surface area (Å²) in [4.78, 5) is 16.4. The van der Waals surface area contributed by atoms with Crippen molar-refractivity contribution in [3.63, 3.8) is 0 Å². The molecule has 1 fully saturated rings. The van der Waals surface area contributed by atoms with Crippen molar-refractivity contribution in [2.45, 2.75) is 56.5 Å². The van der Waals surface area contributed by atoms with Crippen LogP contribution in [0, 0.1) is 0 Å². The number of rotatable bonds is 7. The highest BCUT2D eigenvalue weighted by Gasteiger charge is 2.27. The van der Waals surface area contributed by atoms with E-state index in [0.717, 1.165) is 12.2 Å². The van der Waals surface area contributed by atoms with Gasteiger partial charge in [-0.2, -0.15) is 0 Å². The van der Waals surface area contributed by atoms with Gasteiger partial charge in [0, 0.05) is 12.5 Å². The van der Waals surface area contributed by atoms with E-state index in [-0.39, 0.29) is 11.3 Å². The number of nitrogens with one attached hydrogen (secondary N) is 2. The Kier molecular flexibility index (Phi) is 5.47. The van der Waals surface area contributed by atoms with Crippen LogP contribution in [-0.2, 0) is 16.6 Å². The SMILES string of the molecule is CC(C)(C)c1ccc(CCNC(=O)CSc2n[nH]c(C3CC3)n2)cc1. The average Bonchev–Trinajstić information content (AvgIpc) is 3.31. The van der Waals surface area contributed by atoms with Crippen molar-refractivity contribution in [3.05, 3.63) is 41.2 Å². The van der Waals surface area contributed by atoms with Gasteiger partial charge in [-0.15, -0.1) is 5.10 Å². The molecule has 134 valence electrons. The topological polar surface area (TPSA) is 70.7 Å². The summed E-state index contributed by atoms with van der Waals surface area (Å²) >= 11 is 1.38. The Morgan fingerprint density at radius 1 is 1.28 bits per heavy atom. The van der Waals surface area contributed by atoms with E-state index in [1.807, 2.05) is 0 Å². The van der Waals surface area contributed by atoms with Gasteiger partial charge in [-0.25, -0.2) is 4.98 Å². The maximum Gasteiger partial charge on any atom is 0.230 e. The fourth-order valence-electron chi connectivity index (χ4n) is 2.56. The second kappa shape index (κ2) is 7.60. The average molecular weight is 359 g/mol. The maximum atomic E-state index is 11.9. The zero-order valence-corrected chi connectivity index (χ0v) is 15.9. The number of H-pyrrole nitrogens is 1. The van der Waals surface area contributed by atoms with Crippen LogP contribution in [-0.4, -0.2) is 33.4 Å². The molecule has 3 rings (SSSR count). The molecule has 1 aliphatic carbocycles. The van der Waals surface area contributed by atoms with Crippen molar-refractivity contribution in [2.24, 2.45) is 0 Å². The van der Waals surface area contributed by atoms with Crippen molar-refractivity contribution < 1.29 is 4.79 Å². The molecular formula is C19H26N4OS. The number of carbonyl (C=O) groups excluding carboxylic acids is 1. The van der Waals surface area contributed by atoms with Crippen LogP contribution >= 0.6 is 11.8 Å². The van der Waals surface area contributed by atoms with Crippen LogP contribution in [0.5, 0.6) is 0 Å². The quantitative estimate of drug-likeness (QED) is 0.744. The first-order valence-electron chi connectivity index (χ1n) is 8.83. The molecule has 0 radical (unpaired) electrons. The van der Waals surface area contributed by atoms with E-state index >= 15 is 0 Å². The van der Waals surface area contributed by atoms with Crippen LogP contribution in [0.4, 0.5) is 0 Å². The van der Waals surface area contributed by atoms with Crippen LogP contribution in [0.15, 0.2) is 29.4 Å². The van der Waals surface area contributed by atoms with Gasteiger partial charge in [0.05, 0.1) is 5.75 Å². The second-order valence-electron chi connectivity index (χ2n) is 7.61. The third-order valence-electron chi connectivity index (χ3n) is 4.33. The fourth-order valence-corrected chi connectivity index (χ4v) is 3.20. The van der Waals surface area contributed by atoms with E-state index in [4.69, 9.17) is 0 Å². The highest BCUT2D eigenvalue weighted by Crippen LogP contribution is 2.38. The third kappa shape index (κ3) is 5.33. The molecule has 5 nitrogen and oxygen atoms in total. The number of hydrogen-bond donors (Lipinski definition) is 2. The summed E-state index contributed by atoms with van der Waals surface area (Å²) in [5.74, 6) is 1.89. The molecule has 1 amide bonds. The number of thioether (sulfide) groups is 1. The number of aromatic amines is 1. The minimum atomic E-state index is 0.0223. The number of nitrogens with zero attached hydrogens (tertiary/aromatic N) is 2. The number of hydrogen-bond acceptors (Lipinski definition) is 4. The zero-order valence-electron chi connectivity index (χ0n) is 15.1. The maximum absolute atomic E-state index is 11.9. The van der Waals surface area contributed by atoms with Gasteiger partial charge in [0.1, 0.15) is 5.82 Å². The molecule has 0 unspecified atom stereocenters. The number of amides is 1. The summed E-state index contributed by atoms with van der Waals surface area (Å²) in [6.07, 6.45) is 3.22. The minimum Gasteiger partial charge on any atom is -0.355 e. The van der Waals surface area contributed by atoms with Crippen LogP contribution in [0.25, 0.3) is 0 Å². The lowest BCUT2D eigenvalue weighted by Gasteiger charge is -2.19. The predicted molar refractivity (Wildman–Crippen MR) is 101 cm³/mol. The molecule has 6 heteroatoms. The van der Waals surface area contributed by atoms with Crippen molar-refractivity contribution in [2.75, 3.05) is 12.3 Å². The predicted octanol–water partition coefficient (Wildman–Crippen LogP) is 3.43. The molecule has 1 aromatic heterocycles. The largest absolute Gasteiger partial charge is 0.355 e. The summed E-state index contributed by atoms with van der Waals surface area (Å²) in [5, 5.41) is 10.7. The van der Waals surface area contributed by atoms with E-state index in [2.05, 4.69) is 65.5 Å². The molecule has 0 bridgehead atoms. The lowest BCUT2D eigenvalue weighted by Crippen LogP contribution is -2.27. The summed E-state index contributed by atoms with van der Waals surface area (Å²) in [5.41, 5.74) is 2.74. The zero-order chi connectivity index (χ0) is 17.9. The normalized spacial score (nSPS) is 14.5. The lowest BCUT2D eigenvalue weighted by molar-refractivity contribution is -0.118. The summed E-state index contributed by atoms with van der Waals surface area (Å²) in [6.45, 7) is 7.28. The Bertz CT molecular complexity index is 714. The highest BCUT2D eigenvalue weighted by atomic mass is 32.2. The van der Waals surface area contributed by atoms with E-state index in [1.54, 1.807) is 0 Å². The number of benzene rings is 1. The van der Waals surface area contributed by atoms with Gasteiger partial charge in [0.25, 0.3) is 0 Å². The molecule has 2 N–H and O–H groups in total. The number of aromatic nitrogens is 3. The van der Waals surface area contributed by atoms with Gasteiger partial charge < -0.3 is 5.32 Å². The van der Waals surface area contributed by atoms with E-state index < -0.39 is 0 Å². The number of carbonyl (C=O) groups is 1. The van der Waals surface area contributed by atoms with Gasteiger partial charge >= 0.3 is 0 Å². The van der Waals surface area contributed by atoms with Crippen LogP contribution < -0.4 is 5.32 Å². The van der Waals surface area contributed by atoms with Crippen LogP contribution in [0.1, 0.15) is 56.5 Å². The Labute approximate surface area is 153 Å². The first-order valence-corrected chi connectivity index (χ1v) is 9.81. The minimum absolute atomic E-state index is 0.0223. The first kappa shape index (κ1) is 18.0.